The number of carbonyl (C=O) groups is 2. The van der Waals surface area contributed by atoms with Gasteiger partial charge in [0.1, 0.15) is 61.3 Å². The molecule has 0 saturated heterocycles. The van der Waals surface area contributed by atoms with Crippen LogP contribution in [-0.2, 0) is 24.5 Å². The average Bonchev–Trinajstić information content (AvgIpc) is 3.72. The summed E-state index contributed by atoms with van der Waals surface area (Å²) >= 11 is 0. The third-order valence-corrected chi connectivity index (χ3v) is 6.49. The van der Waals surface area contributed by atoms with Crippen molar-refractivity contribution in [3.8, 4) is 11.5 Å². The predicted octanol–water partition coefficient (Wildman–Crippen LogP) is 3.88. The molecule has 0 saturated carbocycles. The lowest BCUT2D eigenvalue weighted by Gasteiger charge is -2.26. The van der Waals surface area contributed by atoms with Gasteiger partial charge in [0.15, 0.2) is 0 Å². The number of aliphatic hydroxyl groups is 2. The van der Waals surface area contributed by atoms with Gasteiger partial charge >= 0.3 is 11.9 Å². The van der Waals surface area contributed by atoms with Crippen molar-refractivity contribution in [1.29, 1.82) is 0 Å². The van der Waals surface area contributed by atoms with Gasteiger partial charge < -0.3 is 29.2 Å². The van der Waals surface area contributed by atoms with E-state index in [4.69, 9.17) is 18.9 Å². The first-order valence-electron chi connectivity index (χ1n) is 13.2. The number of ether oxygens (including phenoxy) is 4. The molecule has 0 spiro atoms. The summed E-state index contributed by atoms with van der Waals surface area (Å²) in [5.74, 6) is 0.0914. The molecule has 0 fully saturated rings. The highest BCUT2D eigenvalue weighted by molar-refractivity contribution is 5.92. The first-order valence-corrected chi connectivity index (χ1v) is 13.2. The molecule has 4 rings (SSSR count). The number of carbonyl (C=O) groups excluding carboxylic acids is 2. The first-order chi connectivity index (χ1) is 19.7. The van der Waals surface area contributed by atoms with E-state index >= 15 is 0 Å². The van der Waals surface area contributed by atoms with Crippen LogP contribution in [0.25, 0.3) is 0 Å². The molecule has 2 unspecified atom stereocenters. The fraction of sp³-hybridized carbons (Fsp3) is 0.273. The van der Waals surface area contributed by atoms with E-state index in [1.807, 2.05) is 48.5 Å². The van der Waals surface area contributed by atoms with E-state index in [0.29, 0.717) is 22.6 Å². The van der Waals surface area contributed by atoms with Crippen LogP contribution in [0.4, 0.5) is 0 Å². The Morgan fingerprint density at radius 2 is 1.07 bits per heavy atom. The van der Waals surface area contributed by atoms with Crippen LogP contribution in [0.3, 0.4) is 0 Å². The van der Waals surface area contributed by atoms with Gasteiger partial charge in [-0.25, -0.2) is 9.59 Å². The van der Waals surface area contributed by atoms with Crippen LogP contribution < -0.4 is 9.47 Å². The van der Waals surface area contributed by atoms with E-state index < -0.39 is 24.1 Å². The lowest BCUT2D eigenvalue weighted by molar-refractivity contribution is -0.142. The number of allylic oxidation sites excluding steroid dienone is 2. The van der Waals surface area contributed by atoms with Gasteiger partial charge in [0.05, 0.1) is 0 Å². The molecule has 2 aliphatic rings. The fourth-order valence-corrected chi connectivity index (χ4v) is 4.00. The number of rotatable bonds is 14. The summed E-state index contributed by atoms with van der Waals surface area (Å²) in [5, 5.41) is 20.2. The van der Waals surface area contributed by atoms with Crippen LogP contribution >= 0.6 is 0 Å². The Balaban J connectivity index is 1.22. The topological polar surface area (TPSA) is 112 Å². The van der Waals surface area contributed by atoms with Crippen molar-refractivity contribution in [2.24, 2.45) is 0 Å². The Morgan fingerprint density at radius 3 is 1.41 bits per heavy atom. The van der Waals surface area contributed by atoms with Crippen LogP contribution in [-0.4, -0.2) is 60.8 Å². The van der Waals surface area contributed by atoms with Crippen molar-refractivity contribution in [2.45, 2.75) is 31.5 Å². The monoisotopic (exact) mass is 556 g/mol. The van der Waals surface area contributed by atoms with E-state index in [1.54, 1.807) is 36.5 Å². The summed E-state index contributed by atoms with van der Waals surface area (Å²) < 4.78 is 21.5. The molecule has 2 atom stereocenters. The van der Waals surface area contributed by atoms with E-state index in [9.17, 15) is 19.8 Å². The molecule has 8 nitrogen and oxygen atoms in total. The SMILES string of the molecule is CC(C)(c1ccc(OCC(O)COC(=O)C2=C=CC=C2)cc1)c1ccc(OCC(O)COC(=O)C2=C=CC=C2)cc1. The molecular formula is C33H32O8. The van der Waals surface area contributed by atoms with Crippen molar-refractivity contribution < 1.29 is 38.7 Å². The second-order valence-corrected chi connectivity index (χ2v) is 9.97. The van der Waals surface area contributed by atoms with E-state index in [-0.39, 0.29) is 31.8 Å². The number of hydrogen-bond acceptors (Lipinski definition) is 8. The Bertz CT molecular complexity index is 1320. The minimum absolute atomic E-state index is 0.0217. The van der Waals surface area contributed by atoms with E-state index in [0.717, 1.165) is 11.1 Å². The fourth-order valence-electron chi connectivity index (χ4n) is 4.00. The summed E-state index contributed by atoms with van der Waals surface area (Å²) in [6.45, 7) is 3.80. The normalized spacial score (nSPS) is 14.8. The molecule has 0 heterocycles. The Morgan fingerprint density at radius 1 is 0.683 bits per heavy atom. The third kappa shape index (κ3) is 8.21. The second kappa shape index (κ2) is 13.7. The Hall–Kier alpha value is -4.58. The Kier molecular flexibility index (Phi) is 9.80. The van der Waals surface area contributed by atoms with Crippen molar-refractivity contribution >= 4 is 11.9 Å². The minimum Gasteiger partial charge on any atom is -0.491 e. The Labute approximate surface area is 238 Å². The van der Waals surface area contributed by atoms with Gasteiger partial charge in [-0.15, -0.1) is 11.5 Å². The number of esters is 2. The van der Waals surface area contributed by atoms with Gasteiger partial charge in [0, 0.05) is 5.41 Å². The van der Waals surface area contributed by atoms with Crippen LogP contribution in [0, 0.1) is 0 Å². The molecule has 0 bridgehead atoms. The van der Waals surface area contributed by atoms with Gasteiger partial charge in [0.25, 0.3) is 0 Å². The van der Waals surface area contributed by atoms with Crippen molar-refractivity contribution in [2.75, 3.05) is 26.4 Å². The van der Waals surface area contributed by atoms with Gasteiger partial charge in [-0.2, -0.15) is 0 Å². The van der Waals surface area contributed by atoms with Gasteiger partial charge in [-0.05, 0) is 59.7 Å². The summed E-state index contributed by atoms with van der Waals surface area (Å²) in [5.41, 5.74) is 7.93. The smallest absolute Gasteiger partial charge is 0.346 e. The highest BCUT2D eigenvalue weighted by Gasteiger charge is 2.23. The average molecular weight is 557 g/mol. The summed E-state index contributed by atoms with van der Waals surface area (Å²) in [7, 11) is 0. The standard InChI is InChI=1S/C33H32O8/c1-33(2,25-11-15-29(16-12-25)38-19-27(34)21-40-31(36)23-7-3-4-8-23)26-13-17-30(18-14-26)39-20-28(35)22-41-32(37)24-9-5-6-10-24/h3-7,9,11-18,27-28,34-35H,19-22H2,1-2H3. The van der Waals surface area contributed by atoms with Crippen LogP contribution in [0.2, 0.25) is 0 Å². The molecule has 2 aromatic rings. The van der Waals surface area contributed by atoms with Gasteiger partial charge in [0.2, 0.25) is 0 Å². The molecule has 8 heteroatoms. The maximum absolute atomic E-state index is 11.9. The van der Waals surface area contributed by atoms with Crippen LogP contribution in [0.1, 0.15) is 25.0 Å². The van der Waals surface area contributed by atoms with Crippen LogP contribution in [0.15, 0.2) is 108 Å². The summed E-state index contributed by atoms with van der Waals surface area (Å²) in [6, 6.07) is 15.2. The molecule has 0 aliphatic heterocycles. The lowest BCUT2D eigenvalue weighted by Crippen LogP contribution is -2.25. The van der Waals surface area contributed by atoms with Gasteiger partial charge in [-0.3, -0.25) is 0 Å². The maximum Gasteiger partial charge on any atom is 0.346 e. The quantitative estimate of drug-likeness (QED) is 0.267. The zero-order valence-corrected chi connectivity index (χ0v) is 22.9. The molecule has 0 aromatic heterocycles. The molecular weight excluding hydrogens is 524 g/mol. The van der Waals surface area contributed by atoms with Crippen molar-refractivity contribution in [1.82, 2.24) is 0 Å². The number of hydrogen-bond donors (Lipinski definition) is 2. The van der Waals surface area contributed by atoms with E-state index in [1.165, 1.54) is 0 Å². The lowest BCUT2D eigenvalue weighted by atomic mass is 9.78. The highest BCUT2D eigenvalue weighted by Crippen LogP contribution is 2.33. The van der Waals surface area contributed by atoms with Crippen molar-refractivity contribution in [3.05, 3.63) is 119 Å². The molecule has 2 N–H and O–H groups in total. The predicted molar refractivity (Wildman–Crippen MR) is 151 cm³/mol. The third-order valence-electron chi connectivity index (χ3n) is 6.49. The van der Waals surface area contributed by atoms with E-state index in [2.05, 4.69) is 25.3 Å². The largest absolute Gasteiger partial charge is 0.491 e. The van der Waals surface area contributed by atoms with Crippen molar-refractivity contribution in [3.63, 3.8) is 0 Å². The first kappa shape index (κ1) is 29.4. The summed E-state index contributed by atoms with van der Waals surface area (Å²) in [6.07, 6.45) is 7.88. The molecule has 41 heavy (non-hydrogen) atoms. The summed E-state index contributed by atoms with van der Waals surface area (Å²) in [4.78, 5) is 23.7. The number of aliphatic hydroxyl groups excluding tert-OH is 2. The molecule has 0 radical (unpaired) electrons. The zero-order chi connectivity index (χ0) is 29.2. The molecule has 2 aliphatic carbocycles. The minimum atomic E-state index is -0.966. The number of benzene rings is 2. The van der Waals surface area contributed by atoms with Crippen LogP contribution in [0.5, 0.6) is 11.5 Å². The molecule has 0 amide bonds. The zero-order valence-electron chi connectivity index (χ0n) is 22.9. The molecule has 2 aromatic carbocycles. The highest BCUT2D eigenvalue weighted by atomic mass is 16.6. The second-order valence-electron chi connectivity index (χ2n) is 9.97. The molecule has 212 valence electrons. The maximum atomic E-state index is 11.9. The van der Waals surface area contributed by atoms with Gasteiger partial charge in [-0.1, -0.05) is 50.3 Å².